The third kappa shape index (κ3) is 2.21. The molecule has 5 aromatic rings. The van der Waals surface area contributed by atoms with E-state index in [9.17, 15) is 29.4 Å². The Morgan fingerprint density at radius 3 is 1.10 bits per heavy atom. The number of aromatic hydroxyl groups is 2. The van der Waals surface area contributed by atoms with Crippen molar-refractivity contribution in [3.05, 3.63) is 89.9 Å². The van der Waals surface area contributed by atoms with Crippen LogP contribution in [0.5, 0.6) is 11.5 Å². The van der Waals surface area contributed by atoms with Crippen LogP contribution in [0, 0.1) is 0 Å². The van der Waals surface area contributed by atoms with Crippen LogP contribution in [0.15, 0.2) is 67.7 Å². The lowest BCUT2D eigenvalue weighted by Gasteiger charge is -2.12. The van der Waals surface area contributed by atoms with E-state index in [4.69, 9.17) is 0 Å². The van der Waals surface area contributed by atoms with E-state index in [1.807, 2.05) is 0 Å². The SMILES string of the molecule is O=c1[nH]c(=O)c2c(-c3ccccc3O)c3c(=O)[nH]c(=O)c3c(-c3ccccc3O)c12. The molecule has 0 saturated carbocycles. The van der Waals surface area contributed by atoms with Gasteiger partial charge in [0.2, 0.25) is 0 Å². The summed E-state index contributed by atoms with van der Waals surface area (Å²) in [6.07, 6.45) is 0. The summed E-state index contributed by atoms with van der Waals surface area (Å²) in [5.74, 6) is -0.451. The fourth-order valence-corrected chi connectivity index (χ4v) is 4.02. The van der Waals surface area contributed by atoms with E-state index in [1.54, 1.807) is 24.3 Å². The molecule has 0 saturated heterocycles. The minimum atomic E-state index is -0.764. The first-order valence-corrected chi connectivity index (χ1v) is 8.92. The molecule has 5 rings (SSSR count). The third-order valence-corrected chi connectivity index (χ3v) is 5.21. The molecule has 0 aliphatic heterocycles. The van der Waals surface area contributed by atoms with Crippen LogP contribution in [-0.4, -0.2) is 20.2 Å². The van der Waals surface area contributed by atoms with Crippen LogP contribution in [0.1, 0.15) is 0 Å². The lowest BCUT2D eigenvalue weighted by atomic mass is 9.89. The minimum absolute atomic E-state index is 0.0102. The van der Waals surface area contributed by atoms with Crippen molar-refractivity contribution in [3.63, 3.8) is 0 Å². The molecule has 146 valence electrons. The highest BCUT2D eigenvalue weighted by atomic mass is 16.3. The van der Waals surface area contributed by atoms with Crippen molar-refractivity contribution < 1.29 is 10.2 Å². The van der Waals surface area contributed by atoms with Gasteiger partial charge in [-0.1, -0.05) is 36.4 Å². The molecule has 0 radical (unpaired) electrons. The number of phenols is 2. The number of fused-ring (bicyclic) bond motifs is 2. The molecule has 30 heavy (non-hydrogen) atoms. The number of phenolic OH excluding ortho intramolecular Hbond substituents is 2. The summed E-state index contributed by atoms with van der Waals surface area (Å²) in [4.78, 5) is 55.4. The van der Waals surface area contributed by atoms with Gasteiger partial charge < -0.3 is 10.2 Å². The number of benzene rings is 3. The Morgan fingerprint density at radius 2 is 0.800 bits per heavy atom. The zero-order valence-electron chi connectivity index (χ0n) is 15.1. The summed E-state index contributed by atoms with van der Waals surface area (Å²) in [6.45, 7) is 0. The van der Waals surface area contributed by atoms with Gasteiger partial charge in [-0.3, -0.25) is 29.1 Å². The minimum Gasteiger partial charge on any atom is -0.507 e. The molecule has 0 fully saturated rings. The summed E-state index contributed by atoms with van der Waals surface area (Å²) < 4.78 is 0. The number of aromatic nitrogens is 2. The number of hydrogen-bond acceptors (Lipinski definition) is 6. The molecule has 0 aliphatic carbocycles. The summed E-state index contributed by atoms with van der Waals surface area (Å²) in [6, 6.07) is 12.0. The van der Waals surface area contributed by atoms with Crippen molar-refractivity contribution in [1.82, 2.24) is 9.97 Å². The standard InChI is InChI=1S/C22H12N2O6/c25-11-7-3-1-5-9(11)13-15-17(21(29)23-19(15)27)14(10-6-2-4-8-12(10)26)18-16(13)20(28)24-22(18)30/h1-8,25-26H,(H,23,27,29)(H,24,28,30). The van der Waals surface area contributed by atoms with Gasteiger partial charge in [0.25, 0.3) is 22.2 Å². The quantitative estimate of drug-likeness (QED) is 0.356. The normalized spacial score (nSPS) is 11.5. The lowest BCUT2D eigenvalue weighted by molar-refractivity contribution is 0.477. The second kappa shape index (κ2) is 6.02. The highest BCUT2D eigenvalue weighted by Gasteiger charge is 2.28. The molecule has 8 nitrogen and oxygen atoms in total. The maximum absolute atomic E-state index is 12.7. The van der Waals surface area contributed by atoms with E-state index in [-0.39, 0.29) is 55.3 Å². The van der Waals surface area contributed by atoms with Crippen LogP contribution in [-0.2, 0) is 0 Å². The lowest BCUT2D eigenvalue weighted by Crippen LogP contribution is -2.08. The fraction of sp³-hybridized carbons (Fsp3) is 0. The molecule has 0 spiro atoms. The van der Waals surface area contributed by atoms with Crippen LogP contribution < -0.4 is 22.2 Å². The second-order valence-electron chi connectivity index (χ2n) is 6.85. The Morgan fingerprint density at radius 1 is 0.500 bits per heavy atom. The van der Waals surface area contributed by atoms with E-state index in [1.165, 1.54) is 24.3 Å². The van der Waals surface area contributed by atoms with Crippen LogP contribution in [0.3, 0.4) is 0 Å². The molecule has 2 aromatic heterocycles. The average molecular weight is 400 g/mol. The molecule has 4 N–H and O–H groups in total. The van der Waals surface area contributed by atoms with Gasteiger partial charge in [0.15, 0.2) is 0 Å². The van der Waals surface area contributed by atoms with Crippen molar-refractivity contribution in [2.24, 2.45) is 0 Å². The predicted octanol–water partition coefficient (Wildman–Crippen LogP) is 1.71. The Kier molecular flexibility index (Phi) is 3.54. The topological polar surface area (TPSA) is 140 Å². The molecule has 8 heteroatoms. The number of H-pyrrole nitrogens is 2. The fourth-order valence-electron chi connectivity index (χ4n) is 4.02. The van der Waals surface area contributed by atoms with Gasteiger partial charge in [-0.2, -0.15) is 0 Å². The largest absolute Gasteiger partial charge is 0.507 e. The van der Waals surface area contributed by atoms with Crippen LogP contribution in [0.4, 0.5) is 0 Å². The maximum atomic E-state index is 12.7. The number of para-hydroxylation sites is 2. The average Bonchev–Trinajstić information content (AvgIpc) is 3.17. The van der Waals surface area contributed by atoms with Crippen LogP contribution in [0.25, 0.3) is 43.8 Å². The highest BCUT2D eigenvalue weighted by molar-refractivity contribution is 6.21. The van der Waals surface area contributed by atoms with E-state index < -0.39 is 22.2 Å². The smallest absolute Gasteiger partial charge is 0.259 e. The monoisotopic (exact) mass is 400 g/mol. The summed E-state index contributed by atoms with van der Waals surface area (Å²) in [5, 5.41) is 20.2. The Hall–Kier alpha value is -4.46. The van der Waals surface area contributed by atoms with Crippen molar-refractivity contribution in [3.8, 4) is 33.8 Å². The second-order valence-corrected chi connectivity index (χ2v) is 6.85. The molecule has 0 atom stereocenters. The molecular weight excluding hydrogens is 388 g/mol. The Bertz CT molecular complexity index is 1500. The summed E-state index contributed by atoms with van der Waals surface area (Å²) >= 11 is 0. The van der Waals surface area contributed by atoms with Crippen LogP contribution >= 0.6 is 0 Å². The van der Waals surface area contributed by atoms with Gasteiger partial charge in [0, 0.05) is 22.3 Å². The number of aromatic amines is 2. The first-order valence-electron chi connectivity index (χ1n) is 8.92. The van der Waals surface area contributed by atoms with Gasteiger partial charge in [-0.25, -0.2) is 0 Å². The van der Waals surface area contributed by atoms with Gasteiger partial charge in [-0.05, 0) is 12.1 Å². The first kappa shape index (κ1) is 17.6. The molecule has 0 unspecified atom stereocenters. The number of hydrogen-bond donors (Lipinski definition) is 4. The van der Waals surface area contributed by atoms with E-state index in [0.29, 0.717) is 0 Å². The van der Waals surface area contributed by atoms with Gasteiger partial charge in [-0.15, -0.1) is 0 Å². The van der Waals surface area contributed by atoms with Crippen LogP contribution in [0.2, 0.25) is 0 Å². The molecular formula is C22H12N2O6. The van der Waals surface area contributed by atoms with Crippen molar-refractivity contribution >= 4 is 21.5 Å². The summed E-state index contributed by atoms with van der Waals surface area (Å²) in [5.41, 5.74) is -2.82. The number of nitrogens with one attached hydrogen (secondary N) is 2. The van der Waals surface area contributed by atoms with E-state index in [2.05, 4.69) is 9.97 Å². The molecule has 0 aliphatic rings. The first-order chi connectivity index (χ1) is 14.4. The van der Waals surface area contributed by atoms with Crippen molar-refractivity contribution in [2.75, 3.05) is 0 Å². The van der Waals surface area contributed by atoms with Gasteiger partial charge >= 0.3 is 0 Å². The zero-order valence-corrected chi connectivity index (χ0v) is 15.1. The van der Waals surface area contributed by atoms with E-state index in [0.717, 1.165) is 0 Å². The Balaban J connectivity index is 2.20. The predicted molar refractivity (Wildman–Crippen MR) is 112 cm³/mol. The molecule has 3 aromatic carbocycles. The zero-order chi connectivity index (χ0) is 21.2. The number of rotatable bonds is 2. The summed E-state index contributed by atoms with van der Waals surface area (Å²) in [7, 11) is 0. The molecule has 0 amide bonds. The third-order valence-electron chi connectivity index (χ3n) is 5.21. The molecule has 2 heterocycles. The van der Waals surface area contributed by atoms with Gasteiger partial charge in [0.05, 0.1) is 21.5 Å². The van der Waals surface area contributed by atoms with E-state index >= 15 is 0 Å². The Labute approximate surface area is 166 Å². The van der Waals surface area contributed by atoms with Crippen molar-refractivity contribution in [1.29, 1.82) is 0 Å². The van der Waals surface area contributed by atoms with Crippen molar-refractivity contribution in [2.45, 2.75) is 0 Å². The highest BCUT2D eigenvalue weighted by Crippen LogP contribution is 2.43. The van der Waals surface area contributed by atoms with Gasteiger partial charge in [0.1, 0.15) is 11.5 Å². The maximum Gasteiger partial charge on any atom is 0.259 e. The molecule has 0 bridgehead atoms.